The second-order valence-corrected chi connectivity index (χ2v) is 7.31. The average Bonchev–Trinajstić information content (AvgIpc) is 3.19. The number of amides is 1. The summed E-state index contributed by atoms with van der Waals surface area (Å²) >= 11 is 0.964. The van der Waals surface area contributed by atoms with E-state index in [1.165, 1.54) is 6.07 Å². The lowest BCUT2D eigenvalue weighted by molar-refractivity contribution is 0.0946. The van der Waals surface area contributed by atoms with E-state index < -0.39 is 10.0 Å². The first kappa shape index (κ1) is 16.6. The molecule has 0 bridgehead atoms. The molecule has 24 heavy (non-hydrogen) atoms. The molecule has 0 radical (unpaired) electrons. The number of sulfonamides is 1. The number of hydrogen-bond acceptors (Lipinski definition) is 6. The van der Waals surface area contributed by atoms with E-state index in [-0.39, 0.29) is 23.9 Å². The van der Waals surface area contributed by atoms with Gasteiger partial charge in [0.05, 0.1) is 11.7 Å². The highest BCUT2D eigenvalue weighted by atomic mass is 32.2. The molecule has 3 rings (SSSR count). The van der Waals surface area contributed by atoms with E-state index in [0.717, 1.165) is 11.7 Å². The molecule has 0 aliphatic rings. The third-order valence-corrected chi connectivity index (χ3v) is 5.45. The molecule has 1 aromatic carbocycles. The number of rotatable bonds is 6. The Hall–Kier alpha value is -2.30. The van der Waals surface area contributed by atoms with Gasteiger partial charge in [0.1, 0.15) is 21.6 Å². The average molecular weight is 365 g/mol. The lowest BCUT2D eigenvalue weighted by atomic mass is 10.3. The first-order valence-electron chi connectivity index (χ1n) is 7.09. The van der Waals surface area contributed by atoms with Crippen LogP contribution in [0.25, 0.3) is 11.0 Å². The Morgan fingerprint density at radius 1 is 1.21 bits per heavy atom. The van der Waals surface area contributed by atoms with Crippen LogP contribution >= 0.6 is 11.7 Å². The van der Waals surface area contributed by atoms with Crippen LogP contribution in [0.15, 0.2) is 41.4 Å². The molecule has 0 saturated heterocycles. The number of hydrogen-bond donors (Lipinski definition) is 2. The molecular weight excluding hydrogens is 350 g/mol. The maximum absolute atomic E-state index is 12.4. The number of carbonyl (C=O) groups excluding carboxylic acids is 1. The molecule has 0 unspecified atom stereocenters. The van der Waals surface area contributed by atoms with E-state index in [4.69, 9.17) is 0 Å². The van der Waals surface area contributed by atoms with Crippen molar-refractivity contribution in [2.24, 2.45) is 7.05 Å². The minimum atomic E-state index is -3.72. The minimum Gasteiger partial charge on any atom is -0.349 e. The van der Waals surface area contributed by atoms with Gasteiger partial charge in [-0.15, -0.1) is 0 Å². The molecule has 10 heteroatoms. The number of nitrogens with zero attached hydrogens (tertiary/aromatic N) is 3. The van der Waals surface area contributed by atoms with Gasteiger partial charge in [0.15, 0.2) is 0 Å². The normalized spacial score (nSPS) is 11.7. The lowest BCUT2D eigenvalue weighted by Crippen LogP contribution is -2.35. The summed E-state index contributed by atoms with van der Waals surface area (Å²) < 4.78 is 37.0. The maximum atomic E-state index is 12.4. The van der Waals surface area contributed by atoms with Crippen molar-refractivity contribution in [3.05, 3.63) is 42.2 Å². The molecular formula is C14H15N5O3S2. The zero-order valence-electron chi connectivity index (χ0n) is 12.8. The van der Waals surface area contributed by atoms with Gasteiger partial charge in [-0.05, 0) is 24.3 Å². The van der Waals surface area contributed by atoms with Gasteiger partial charge in [-0.25, -0.2) is 13.1 Å². The Bertz CT molecular complexity index is 977. The van der Waals surface area contributed by atoms with Gasteiger partial charge in [-0.1, -0.05) is 6.07 Å². The summed E-state index contributed by atoms with van der Waals surface area (Å²) in [6, 6.07) is 8.26. The number of carbonyl (C=O) groups is 1. The number of nitrogens with one attached hydrogen (secondary N) is 2. The van der Waals surface area contributed by atoms with Gasteiger partial charge in [0, 0.05) is 26.3 Å². The molecule has 1 amide bonds. The molecule has 2 aromatic heterocycles. The smallest absolute Gasteiger partial charge is 0.267 e. The summed E-state index contributed by atoms with van der Waals surface area (Å²) in [7, 11) is -1.95. The maximum Gasteiger partial charge on any atom is 0.267 e. The largest absolute Gasteiger partial charge is 0.349 e. The molecule has 0 aliphatic heterocycles. The van der Waals surface area contributed by atoms with Crippen LogP contribution in [0.4, 0.5) is 0 Å². The fourth-order valence-corrected chi connectivity index (χ4v) is 4.02. The van der Waals surface area contributed by atoms with Gasteiger partial charge >= 0.3 is 0 Å². The van der Waals surface area contributed by atoms with Gasteiger partial charge in [-0.2, -0.15) is 8.75 Å². The summed E-state index contributed by atoms with van der Waals surface area (Å²) in [5.74, 6) is -0.257. The van der Waals surface area contributed by atoms with Crippen molar-refractivity contribution < 1.29 is 13.2 Å². The van der Waals surface area contributed by atoms with Crippen LogP contribution in [0.3, 0.4) is 0 Å². The van der Waals surface area contributed by atoms with Crippen LogP contribution in [0.1, 0.15) is 10.5 Å². The minimum absolute atomic E-state index is 0.0758. The molecule has 2 N–H and O–H groups in total. The van der Waals surface area contributed by atoms with Crippen molar-refractivity contribution >= 4 is 38.7 Å². The summed E-state index contributed by atoms with van der Waals surface area (Å²) in [6.07, 6.45) is 1.76. The molecule has 2 heterocycles. The Balaban J connectivity index is 1.61. The summed E-state index contributed by atoms with van der Waals surface area (Å²) in [6.45, 7) is 0.251. The van der Waals surface area contributed by atoms with E-state index >= 15 is 0 Å². The predicted octanol–water partition coefficient (Wildman–Crippen LogP) is 0.738. The zero-order chi connectivity index (χ0) is 17.2. The monoisotopic (exact) mass is 365 g/mol. The molecule has 0 fully saturated rings. The number of aryl methyl sites for hydroxylation is 1. The first-order valence-corrected chi connectivity index (χ1v) is 9.31. The van der Waals surface area contributed by atoms with Crippen molar-refractivity contribution in [1.29, 1.82) is 0 Å². The Labute approximate surface area is 142 Å². The third-order valence-electron chi connectivity index (χ3n) is 3.42. The highest BCUT2D eigenvalue weighted by molar-refractivity contribution is 7.89. The lowest BCUT2D eigenvalue weighted by Gasteiger charge is -2.08. The number of benzene rings is 1. The molecule has 0 aliphatic carbocycles. The Morgan fingerprint density at radius 2 is 2.04 bits per heavy atom. The van der Waals surface area contributed by atoms with E-state index in [1.54, 1.807) is 42.1 Å². The fraction of sp³-hybridized carbons (Fsp3) is 0.214. The van der Waals surface area contributed by atoms with Crippen molar-refractivity contribution in [1.82, 2.24) is 23.4 Å². The summed E-state index contributed by atoms with van der Waals surface area (Å²) in [5.41, 5.74) is 1.40. The predicted molar refractivity (Wildman–Crippen MR) is 90.3 cm³/mol. The highest BCUT2D eigenvalue weighted by Gasteiger charge is 2.19. The third kappa shape index (κ3) is 3.30. The van der Waals surface area contributed by atoms with Crippen molar-refractivity contribution in [3.63, 3.8) is 0 Å². The molecule has 0 saturated carbocycles. The van der Waals surface area contributed by atoms with E-state index in [1.807, 2.05) is 0 Å². The van der Waals surface area contributed by atoms with Crippen molar-refractivity contribution in [2.75, 3.05) is 13.1 Å². The van der Waals surface area contributed by atoms with Crippen LogP contribution in [0.2, 0.25) is 0 Å². The molecule has 8 nitrogen and oxygen atoms in total. The first-order chi connectivity index (χ1) is 11.5. The molecule has 126 valence electrons. The Morgan fingerprint density at radius 3 is 2.79 bits per heavy atom. The topological polar surface area (TPSA) is 106 Å². The van der Waals surface area contributed by atoms with Crippen LogP contribution in [-0.2, 0) is 17.1 Å². The van der Waals surface area contributed by atoms with E-state index in [0.29, 0.717) is 16.7 Å². The van der Waals surface area contributed by atoms with E-state index in [9.17, 15) is 13.2 Å². The van der Waals surface area contributed by atoms with E-state index in [2.05, 4.69) is 18.8 Å². The molecule has 3 aromatic rings. The molecule has 0 atom stereocenters. The van der Waals surface area contributed by atoms with Crippen LogP contribution < -0.4 is 10.0 Å². The van der Waals surface area contributed by atoms with Gasteiger partial charge in [0.2, 0.25) is 10.0 Å². The van der Waals surface area contributed by atoms with Gasteiger partial charge < -0.3 is 9.88 Å². The number of aromatic nitrogens is 3. The highest BCUT2D eigenvalue weighted by Crippen LogP contribution is 2.20. The Kier molecular flexibility index (Phi) is 4.60. The second kappa shape index (κ2) is 6.67. The van der Waals surface area contributed by atoms with Crippen molar-refractivity contribution in [3.8, 4) is 0 Å². The zero-order valence-corrected chi connectivity index (χ0v) is 14.4. The second-order valence-electron chi connectivity index (χ2n) is 5.05. The fourth-order valence-electron chi connectivity index (χ4n) is 2.22. The standard InChI is InChI=1S/C14H15N5O3S2/c1-19-9-3-5-11(19)14(20)15-7-8-16-24(21,22)12-6-2-4-10-13(12)18-23-17-10/h2-6,9,16H,7-8H2,1H3,(H,15,20). The van der Waals surface area contributed by atoms with Gasteiger partial charge in [0.25, 0.3) is 5.91 Å². The SMILES string of the molecule is Cn1cccc1C(=O)NCCNS(=O)(=O)c1cccc2nsnc12. The quantitative estimate of drug-likeness (QED) is 0.627. The van der Waals surface area contributed by atoms with Crippen LogP contribution in [-0.4, -0.2) is 40.7 Å². The summed E-state index contributed by atoms with van der Waals surface area (Å²) in [4.78, 5) is 12.0. The molecule has 0 spiro atoms. The van der Waals surface area contributed by atoms with Crippen LogP contribution in [0.5, 0.6) is 0 Å². The van der Waals surface area contributed by atoms with Crippen LogP contribution in [0, 0.1) is 0 Å². The van der Waals surface area contributed by atoms with Crippen molar-refractivity contribution in [2.45, 2.75) is 4.90 Å². The summed E-state index contributed by atoms with van der Waals surface area (Å²) in [5, 5.41) is 2.67. The van der Waals surface area contributed by atoms with Gasteiger partial charge in [-0.3, -0.25) is 4.79 Å². The number of fused-ring (bicyclic) bond motifs is 1.